The number of nitrogens with one attached hydrogen (secondary N) is 1. The molecule has 6 nitrogen and oxygen atoms in total. The van der Waals surface area contributed by atoms with Gasteiger partial charge in [0, 0.05) is 29.6 Å². The summed E-state index contributed by atoms with van der Waals surface area (Å²) in [5.41, 5.74) is 5.55. The molecule has 0 saturated carbocycles. The fourth-order valence-corrected chi connectivity index (χ4v) is 1.68. The number of primary amides is 1. The van der Waals surface area contributed by atoms with Crippen LogP contribution >= 0.6 is 11.6 Å². The van der Waals surface area contributed by atoms with Crippen LogP contribution in [0.25, 0.3) is 0 Å². The van der Waals surface area contributed by atoms with Crippen molar-refractivity contribution >= 4 is 23.2 Å². The largest absolute Gasteiger partial charge is 0.370 e. The van der Waals surface area contributed by atoms with Gasteiger partial charge in [0.25, 0.3) is 5.69 Å². The van der Waals surface area contributed by atoms with E-state index in [2.05, 4.69) is 5.32 Å². The van der Waals surface area contributed by atoms with Gasteiger partial charge in [-0.15, -0.1) is 0 Å². The number of carbonyl (C=O) groups is 1. The molecule has 0 fully saturated rings. The fraction of sp³-hybridized carbons (Fsp3) is 0.364. The third-order valence-corrected chi connectivity index (χ3v) is 2.57. The number of nitro benzene ring substituents is 1. The minimum absolute atomic E-state index is 0.0294. The average Bonchev–Trinajstić information content (AvgIpc) is 2.27. The van der Waals surface area contributed by atoms with Crippen LogP contribution in [0.5, 0.6) is 0 Å². The summed E-state index contributed by atoms with van der Waals surface area (Å²) >= 11 is 5.79. The molecule has 98 valence electrons. The van der Waals surface area contributed by atoms with E-state index < -0.39 is 4.92 Å². The Morgan fingerprint density at radius 3 is 2.83 bits per heavy atom. The molecule has 0 saturated heterocycles. The molecular formula is C11H14ClN3O3. The van der Waals surface area contributed by atoms with Crippen LogP contribution in [0.2, 0.25) is 5.02 Å². The molecule has 0 aliphatic rings. The summed E-state index contributed by atoms with van der Waals surface area (Å²) in [5, 5.41) is 14.2. The third-order valence-electron chi connectivity index (χ3n) is 2.33. The highest BCUT2D eigenvalue weighted by Crippen LogP contribution is 2.22. The monoisotopic (exact) mass is 271 g/mol. The molecule has 0 radical (unpaired) electrons. The van der Waals surface area contributed by atoms with E-state index in [4.69, 9.17) is 17.3 Å². The third kappa shape index (κ3) is 4.68. The van der Waals surface area contributed by atoms with E-state index in [9.17, 15) is 14.9 Å². The number of carbonyl (C=O) groups excluding carboxylic acids is 1. The molecule has 1 aromatic rings. The van der Waals surface area contributed by atoms with Crippen molar-refractivity contribution in [3.05, 3.63) is 38.9 Å². The molecule has 18 heavy (non-hydrogen) atoms. The summed E-state index contributed by atoms with van der Waals surface area (Å²) < 4.78 is 0. The molecule has 3 N–H and O–H groups in total. The Kier molecular flexibility index (Phi) is 5.54. The standard InChI is InChI=1S/C11H14ClN3O3/c12-9-3-4-10(15(17)18)8(6-9)7-14-5-1-2-11(13)16/h3-4,6,14H,1-2,5,7H2,(H2,13,16). The highest BCUT2D eigenvalue weighted by atomic mass is 35.5. The number of nitrogens with zero attached hydrogens (tertiary/aromatic N) is 1. The van der Waals surface area contributed by atoms with Crippen LogP contribution in [-0.4, -0.2) is 17.4 Å². The number of hydrogen-bond donors (Lipinski definition) is 2. The summed E-state index contributed by atoms with van der Waals surface area (Å²) in [6, 6.07) is 4.42. The van der Waals surface area contributed by atoms with Gasteiger partial charge >= 0.3 is 0 Å². The van der Waals surface area contributed by atoms with E-state index in [1.807, 2.05) is 0 Å². The van der Waals surface area contributed by atoms with Crippen molar-refractivity contribution in [2.75, 3.05) is 6.54 Å². The second-order valence-corrected chi connectivity index (χ2v) is 4.21. The lowest BCUT2D eigenvalue weighted by atomic mass is 10.2. The van der Waals surface area contributed by atoms with Crippen LogP contribution in [0.1, 0.15) is 18.4 Å². The maximum Gasteiger partial charge on any atom is 0.273 e. The molecule has 0 unspecified atom stereocenters. The number of nitrogens with two attached hydrogens (primary N) is 1. The van der Waals surface area contributed by atoms with Crippen molar-refractivity contribution in [2.45, 2.75) is 19.4 Å². The van der Waals surface area contributed by atoms with Crippen molar-refractivity contribution < 1.29 is 9.72 Å². The maximum atomic E-state index is 10.8. The predicted molar refractivity (Wildman–Crippen MR) is 68.2 cm³/mol. The van der Waals surface area contributed by atoms with Gasteiger partial charge < -0.3 is 11.1 Å². The Labute approximate surface area is 109 Å². The normalized spacial score (nSPS) is 10.3. The molecule has 0 heterocycles. The van der Waals surface area contributed by atoms with E-state index in [1.54, 1.807) is 6.07 Å². The van der Waals surface area contributed by atoms with Crippen LogP contribution in [-0.2, 0) is 11.3 Å². The van der Waals surface area contributed by atoms with Gasteiger partial charge in [-0.2, -0.15) is 0 Å². The van der Waals surface area contributed by atoms with Crippen molar-refractivity contribution in [3.8, 4) is 0 Å². The van der Waals surface area contributed by atoms with Gasteiger partial charge in [-0.3, -0.25) is 14.9 Å². The first-order valence-corrected chi connectivity index (χ1v) is 5.80. The van der Waals surface area contributed by atoms with E-state index in [0.717, 1.165) is 0 Å². The summed E-state index contributed by atoms with van der Waals surface area (Å²) in [4.78, 5) is 20.8. The van der Waals surface area contributed by atoms with Crippen LogP contribution < -0.4 is 11.1 Å². The number of hydrogen-bond acceptors (Lipinski definition) is 4. The molecule has 1 rings (SSSR count). The molecule has 0 bridgehead atoms. The van der Waals surface area contributed by atoms with E-state index >= 15 is 0 Å². The van der Waals surface area contributed by atoms with E-state index in [0.29, 0.717) is 36.5 Å². The Morgan fingerprint density at radius 2 is 2.22 bits per heavy atom. The van der Waals surface area contributed by atoms with Crippen molar-refractivity contribution in [2.24, 2.45) is 5.73 Å². The molecule has 0 aliphatic carbocycles. The lowest BCUT2D eigenvalue weighted by molar-refractivity contribution is -0.385. The van der Waals surface area contributed by atoms with Crippen molar-refractivity contribution in [1.29, 1.82) is 0 Å². The van der Waals surface area contributed by atoms with Crippen LogP contribution in [0.3, 0.4) is 0 Å². The molecule has 7 heteroatoms. The van der Waals surface area contributed by atoms with Crippen LogP contribution in [0.4, 0.5) is 5.69 Å². The Morgan fingerprint density at radius 1 is 1.50 bits per heavy atom. The Hall–Kier alpha value is -1.66. The van der Waals surface area contributed by atoms with Gasteiger partial charge in [-0.05, 0) is 25.1 Å². The second kappa shape index (κ2) is 6.93. The number of nitro groups is 1. The van der Waals surface area contributed by atoms with Gasteiger partial charge in [-0.25, -0.2) is 0 Å². The average molecular weight is 272 g/mol. The Bertz CT molecular complexity index is 451. The first-order chi connectivity index (χ1) is 8.50. The molecule has 0 atom stereocenters. The highest BCUT2D eigenvalue weighted by Gasteiger charge is 2.13. The van der Waals surface area contributed by atoms with Crippen LogP contribution in [0, 0.1) is 10.1 Å². The van der Waals surface area contributed by atoms with Gasteiger partial charge in [-0.1, -0.05) is 11.6 Å². The molecule has 1 amide bonds. The molecule has 1 aromatic carbocycles. The molecular weight excluding hydrogens is 258 g/mol. The van der Waals surface area contributed by atoms with Gasteiger partial charge in [0.1, 0.15) is 0 Å². The SMILES string of the molecule is NC(=O)CCCNCc1cc(Cl)ccc1[N+](=O)[O-]. The van der Waals surface area contributed by atoms with Crippen LogP contribution in [0.15, 0.2) is 18.2 Å². The minimum Gasteiger partial charge on any atom is -0.370 e. The summed E-state index contributed by atoms with van der Waals surface area (Å²) in [6.45, 7) is 0.891. The number of amides is 1. The van der Waals surface area contributed by atoms with Gasteiger partial charge in [0.15, 0.2) is 0 Å². The smallest absolute Gasteiger partial charge is 0.273 e. The lowest BCUT2D eigenvalue weighted by Crippen LogP contribution is -2.18. The lowest BCUT2D eigenvalue weighted by Gasteiger charge is -2.05. The van der Waals surface area contributed by atoms with Crippen molar-refractivity contribution in [3.63, 3.8) is 0 Å². The molecule has 0 aliphatic heterocycles. The Balaban J connectivity index is 2.53. The zero-order valence-electron chi connectivity index (χ0n) is 9.69. The zero-order chi connectivity index (χ0) is 13.5. The number of rotatable bonds is 7. The zero-order valence-corrected chi connectivity index (χ0v) is 10.4. The van der Waals surface area contributed by atoms with E-state index in [-0.39, 0.29) is 11.6 Å². The topological polar surface area (TPSA) is 98.3 Å². The first kappa shape index (κ1) is 14.4. The number of halogens is 1. The fourth-order valence-electron chi connectivity index (χ4n) is 1.48. The summed E-state index contributed by atoms with van der Waals surface area (Å²) in [5.74, 6) is -0.356. The molecule has 0 aromatic heterocycles. The minimum atomic E-state index is -0.448. The highest BCUT2D eigenvalue weighted by molar-refractivity contribution is 6.30. The second-order valence-electron chi connectivity index (χ2n) is 3.78. The van der Waals surface area contributed by atoms with Crippen molar-refractivity contribution in [1.82, 2.24) is 5.32 Å². The van der Waals surface area contributed by atoms with Gasteiger partial charge in [0.2, 0.25) is 5.91 Å². The predicted octanol–water partition coefficient (Wildman–Crippen LogP) is 1.60. The summed E-state index contributed by atoms with van der Waals surface area (Å²) in [6.07, 6.45) is 0.897. The molecule has 0 spiro atoms. The maximum absolute atomic E-state index is 10.8. The number of benzene rings is 1. The summed E-state index contributed by atoms with van der Waals surface area (Å²) in [7, 11) is 0. The van der Waals surface area contributed by atoms with Gasteiger partial charge in [0.05, 0.1) is 4.92 Å². The van der Waals surface area contributed by atoms with E-state index in [1.165, 1.54) is 12.1 Å². The first-order valence-electron chi connectivity index (χ1n) is 5.42. The quantitative estimate of drug-likeness (QED) is 0.447.